The summed E-state index contributed by atoms with van der Waals surface area (Å²) < 4.78 is 0. The Morgan fingerprint density at radius 2 is 2.07 bits per heavy atom. The average molecular weight is 213 g/mol. The summed E-state index contributed by atoms with van der Waals surface area (Å²) in [4.78, 5) is 25.9. The lowest BCUT2D eigenvalue weighted by molar-refractivity contribution is -0.133. The maximum absolute atomic E-state index is 11.2. The van der Waals surface area contributed by atoms with Crippen molar-refractivity contribution in [1.29, 1.82) is 0 Å². The first kappa shape index (κ1) is 12.0. The van der Waals surface area contributed by atoms with Crippen LogP contribution in [0.15, 0.2) is 0 Å². The van der Waals surface area contributed by atoms with E-state index in [2.05, 4.69) is 4.90 Å². The second kappa shape index (κ2) is 5.11. The third kappa shape index (κ3) is 3.51. The number of nitrogens with zero attached hydrogens (tertiary/aromatic N) is 2. The normalized spacial score (nSPS) is 22.8. The number of nitrogens with two attached hydrogens (primary N) is 1. The predicted octanol–water partition coefficient (Wildman–Crippen LogP) is -0.586. The molecule has 5 nitrogen and oxygen atoms in total. The van der Waals surface area contributed by atoms with E-state index in [9.17, 15) is 9.59 Å². The Bertz CT molecular complexity index is 255. The molecule has 0 radical (unpaired) electrons. The number of amides is 2. The molecule has 1 atom stereocenters. The largest absolute Gasteiger partial charge is 0.370 e. The van der Waals surface area contributed by atoms with Crippen molar-refractivity contribution in [1.82, 2.24) is 9.80 Å². The number of carbonyl (C=O) groups excluding carboxylic acids is 2. The average Bonchev–Trinajstić information content (AvgIpc) is 2.14. The van der Waals surface area contributed by atoms with Crippen molar-refractivity contribution < 1.29 is 9.59 Å². The summed E-state index contributed by atoms with van der Waals surface area (Å²) in [7, 11) is 0. The van der Waals surface area contributed by atoms with Crippen LogP contribution >= 0.6 is 0 Å². The van der Waals surface area contributed by atoms with Crippen molar-refractivity contribution in [2.45, 2.75) is 26.3 Å². The molecule has 1 aliphatic heterocycles. The van der Waals surface area contributed by atoms with Crippen LogP contribution in [0.2, 0.25) is 0 Å². The summed E-state index contributed by atoms with van der Waals surface area (Å²) in [5.41, 5.74) is 5.09. The van der Waals surface area contributed by atoms with Crippen molar-refractivity contribution >= 4 is 11.8 Å². The second-order valence-corrected chi connectivity index (χ2v) is 4.08. The van der Waals surface area contributed by atoms with Gasteiger partial charge in [-0.25, -0.2) is 0 Å². The van der Waals surface area contributed by atoms with Crippen LogP contribution in [0.3, 0.4) is 0 Å². The zero-order valence-corrected chi connectivity index (χ0v) is 9.40. The highest BCUT2D eigenvalue weighted by molar-refractivity contribution is 5.74. The lowest BCUT2D eigenvalue weighted by atomic mass is 10.2. The van der Waals surface area contributed by atoms with Crippen LogP contribution < -0.4 is 5.73 Å². The molecule has 0 spiro atoms. The lowest BCUT2D eigenvalue weighted by Crippen LogP contribution is -2.53. The van der Waals surface area contributed by atoms with E-state index in [0.29, 0.717) is 13.0 Å². The van der Waals surface area contributed by atoms with Crippen LogP contribution in [-0.2, 0) is 9.59 Å². The zero-order valence-electron chi connectivity index (χ0n) is 9.40. The Kier molecular flexibility index (Phi) is 4.08. The number of piperazine rings is 1. The molecule has 5 heteroatoms. The van der Waals surface area contributed by atoms with Crippen LogP contribution in [0.4, 0.5) is 0 Å². The van der Waals surface area contributed by atoms with Crippen molar-refractivity contribution in [2.24, 2.45) is 5.73 Å². The van der Waals surface area contributed by atoms with Crippen molar-refractivity contribution in [3.05, 3.63) is 0 Å². The van der Waals surface area contributed by atoms with Gasteiger partial charge in [0.15, 0.2) is 0 Å². The molecule has 2 N–H and O–H groups in total. The van der Waals surface area contributed by atoms with E-state index in [0.717, 1.165) is 19.6 Å². The van der Waals surface area contributed by atoms with Gasteiger partial charge in [-0.05, 0) is 6.92 Å². The molecule has 0 bridgehead atoms. The molecule has 0 saturated carbocycles. The van der Waals surface area contributed by atoms with E-state index in [4.69, 9.17) is 5.73 Å². The first-order valence-corrected chi connectivity index (χ1v) is 5.28. The highest BCUT2D eigenvalue weighted by Gasteiger charge is 2.24. The molecule has 2 amide bonds. The topological polar surface area (TPSA) is 66.6 Å². The number of rotatable bonds is 3. The third-order valence-corrected chi connectivity index (χ3v) is 2.79. The molecule has 1 saturated heterocycles. The maximum atomic E-state index is 11.2. The summed E-state index contributed by atoms with van der Waals surface area (Å²) >= 11 is 0. The SMILES string of the molecule is CC(=O)N1CCN(CCC(N)=O)CC1C. The van der Waals surface area contributed by atoms with Gasteiger partial charge in [-0.15, -0.1) is 0 Å². The fourth-order valence-electron chi connectivity index (χ4n) is 1.97. The fourth-order valence-corrected chi connectivity index (χ4v) is 1.97. The molecule has 0 aromatic heterocycles. The number of primary amides is 1. The van der Waals surface area contributed by atoms with Crippen LogP contribution in [0.1, 0.15) is 20.3 Å². The van der Waals surface area contributed by atoms with E-state index in [1.54, 1.807) is 6.92 Å². The summed E-state index contributed by atoms with van der Waals surface area (Å²) in [6, 6.07) is 0.226. The van der Waals surface area contributed by atoms with Gasteiger partial charge in [0, 0.05) is 45.6 Å². The van der Waals surface area contributed by atoms with Gasteiger partial charge >= 0.3 is 0 Å². The van der Waals surface area contributed by atoms with E-state index in [1.165, 1.54) is 0 Å². The third-order valence-electron chi connectivity index (χ3n) is 2.79. The molecule has 1 heterocycles. The summed E-state index contributed by atoms with van der Waals surface area (Å²) in [6.07, 6.45) is 0.396. The molecule has 1 fully saturated rings. The Labute approximate surface area is 90.2 Å². The van der Waals surface area contributed by atoms with Gasteiger partial charge in [-0.3, -0.25) is 14.5 Å². The Hall–Kier alpha value is -1.10. The molecule has 1 aliphatic rings. The van der Waals surface area contributed by atoms with Gasteiger partial charge in [0.25, 0.3) is 0 Å². The highest BCUT2D eigenvalue weighted by atomic mass is 16.2. The van der Waals surface area contributed by atoms with E-state index in [1.807, 2.05) is 11.8 Å². The molecule has 15 heavy (non-hydrogen) atoms. The first-order valence-electron chi connectivity index (χ1n) is 5.28. The Morgan fingerprint density at radius 1 is 1.40 bits per heavy atom. The van der Waals surface area contributed by atoms with Gasteiger partial charge < -0.3 is 10.6 Å². The van der Waals surface area contributed by atoms with Crippen molar-refractivity contribution in [3.63, 3.8) is 0 Å². The maximum Gasteiger partial charge on any atom is 0.219 e. The summed E-state index contributed by atoms with van der Waals surface area (Å²) in [5, 5.41) is 0. The van der Waals surface area contributed by atoms with Crippen LogP contribution in [0, 0.1) is 0 Å². The Balaban J connectivity index is 2.37. The van der Waals surface area contributed by atoms with E-state index < -0.39 is 0 Å². The molecule has 0 aliphatic carbocycles. The van der Waals surface area contributed by atoms with E-state index in [-0.39, 0.29) is 17.9 Å². The first-order chi connectivity index (χ1) is 7.00. The predicted molar refractivity (Wildman–Crippen MR) is 57.1 cm³/mol. The van der Waals surface area contributed by atoms with Crippen LogP contribution in [0.25, 0.3) is 0 Å². The minimum Gasteiger partial charge on any atom is -0.370 e. The van der Waals surface area contributed by atoms with E-state index >= 15 is 0 Å². The minimum atomic E-state index is -0.267. The minimum absolute atomic E-state index is 0.122. The van der Waals surface area contributed by atoms with Gasteiger partial charge in [-0.2, -0.15) is 0 Å². The smallest absolute Gasteiger partial charge is 0.219 e. The van der Waals surface area contributed by atoms with Gasteiger partial charge in [0.05, 0.1) is 0 Å². The molecular weight excluding hydrogens is 194 g/mol. The quantitative estimate of drug-likeness (QED) is 0.681. The van der Waals surface area contributed by atoms with Gasteiger partial charge in [0.1, 0.15) is 0 Å². The highest BCUT2D eigenvalue weighted by Crippen LogP contribution is 2.09. The monoisotopic (exact) mass is 213 g/mol. The summed E-state index contributed by atoms with van der Waals surface area (Å²) in [5.74, 6) is -0.145. The standard InChI is InChI=1S/C10H19N3O2/c1-8-7-12(4-3-10(11)15)5-6-13(8)9(2)14/h8H,3-7H2,1-2H3,(H2,11,15). The van der Waals surface area contributed by atoms with Crippen LogP contribution in [-0.4, -0.2) is 53.8 Å². The second-order valence-electron chi connectivity index (χ2n) is 4.08. The van der Waals surface area contributed by atoms with Crippen LogP contribution in [0.5, 0.6) is 0 Å². The van der Waals surface area contributed by atoms with Crippen molar-refractivity contribution in [3.8, 4) is 0 Å². The van der Waals surface area contributed by atoms with Crippen molar-refractivity contribution in [2.75, 3.05) is 26.2 Å². The zero-order chi connectivity index (χ0) is 11.4. The molecule has 86 valence electrons. The Morgan fingerprint density at radius 3 is 2.53 bits per heavy atom. The van der Waals surface area contributed by atoms with Gasteiger partial charge in [-0.1, -0.05) is 0 Å². The molecule has 1 unspecified atom stereocenters. The molecule has 0 aromatic rings. The number of carbonyl (C=O) groups is 2. The van der Waals surface area contributed by atoms with Gasteiger partial charge in [0.2, 0.25) is 11.8 Å². The molecular formula is C10H19N3O2. The molecule has 0 aromatic carbocycles. The molecule has 1 rings (SSSR count). The fraction of sp³-hybridized carbons (Fsp3) is 0.800. The number of hydrogen-bond donors (Lipinski definition) is 1. The summed E-state index contributed by atoms with van der Waals surface area (Å²) in [6.45, 7) is 6.72. The number of hydrogen-bond acceptors (Lipinski definition) is 3. The lowest BCUT2D eigenvalue weighted by Gasteiger charge is -2.39.